The Balaban J connectivity index is 1.61. The summed E-state index contributed by atoms with van der Waals surface area (Å²) >= 11 is 0. The van der Waals surface area contributed by atoms with Crippen LogP contribution in [0.3, 0.4) is 0 Å². The maximum Gasteiger partial charge on any atom is 0.250 e. The highest BCUT2D eigenvalue weighted by molar-refractivity contribution is 5.13. The first-order chi connectivity index (χ1) is 10.7. The van der Waals surface area contributed by atoms with Gasteiger partial charge in [0.1, 0.15) is 11.9 Å². The van der Waals surface area contributed by atoms with Crippen molar-refractivity contribution >= 4 is 0 Å². The molecular weight excluding hydrogens is 283 g/mol. The zero-order chi connectivity index (χ0) is 15.4. The number of rotatable bonds is 4. The minimum absolute atomic E-state index is 0.0407. The molecule has 0 N–H and O–H groups in total. The first-order valence-corrected chi connectivity index (χ1v) is 7.49. The molecule has 3 heterocycles. The predicted octanol–water partition coefficient (Wildman–Crippen LogP) is 2.36. The molecule has 3 rings (SSSR count). The highest BCUT2D eigenvalue weighted by Gasteiger charge is 2.23. The van der Waals surface area contributed by atoms with Crippen LogP contribution in [0.5, 0.6) is 5.88 Å². The molecule has 0 aliphatic carbocycles. The summed E-state index contributed by atoms with van der Waals surface area (Å²) in [5.41, 5.74) is 0.997. The van der Waals surface area contributed by atoms with Gasteiger partial charge in [-0.25, -0.2) is 19.3 Å². The molecule has 2 aromatic heterocycles. The summed E-state index contributed by atoms with van der Waals surface area (Å²) in [7, 11) is 0. The van der Waals surface area contributed by atoms with Crippen molar-refractivity contribution in [1.82, 2.24) is 19.9 Å². The zero-order valence-corrected chi connectivity index (χ0v) is 12.6. The van der Waals surface area contributed by atoms with Crippen molar-refractivity contribution in [1.29, 1.82) is 0 Å². The molecule has 0 bridgehead atoms. The molecule has 22 heavy (non-hydrogen) atoms. The molecule has 1 fully saturated rings. The molecule has 6 heteroatoms. The Labute approximate surface area is 129 Å². The minimum Gasteiger partial charge on any atom is -0.471 e. The van der Waals surface area contributed by atoms with E-state index in [9.17, 15) is 4.39 Å². The number of nitrogens with zero attached hydrogens (tertiary/aromatic N) is 4. The minimum atomic E-state index is -0.411. The fourth-order valence-electron chi connectivity index (χ4n) is 2.69. The maximum absolute atomic E-state index is 13.6. The molecule has 116 valence electrons. The van der Waals surface area contributed by atoms with Gasteiger partial charge in [-0.1, -0.05) is 0 Å². The van der Waals surface area contributed by atoms with Crippen molar-refractivity contribution in [3.63, 3.8) is 0 Å². The SMILES string of the molecule is Cc1nccc(CN2CCCC(Oc3ncccc3F)C2)n1. The first kappa shape index (κ1) is 14.8. The van der Waals surface area contributed by atoms with Gasteiger partial charge in [0, 0.05) is 25.5 Å². The van der Waals surface area contributed by atoms with Crippen molar-refractivity contribution < 1.29 is 9.13 Å². The molecular formula is C16H19FN4O. The number of pyridine rings is 1. The van der Waals surface area contributed by atoms with E-state index in [0.717, 1.165) is 44.0 Å². The lowest BCUT2D eigenvalue weighted by atomic mass is 10.1. The number of ether oxygens (including phenoxy) is 1. The Hall–Kier alpha value is -2.08. The predicted molar refractivity (Wildman–Crippen MR) is 79.9 cm³/mol. The molecule has 0 aromatic carbocycles. The largest absolute Gasteiger partial charge is 0.471 e. The van der Waals surface area contributed by atoms with Crippen molar-refractivity contribution in [2.75, 3.05) is 13.1 Å². The van der Waals surface area contributed by atoms with E-state index in [4.69, 9.17) is 4.74 Å². The second kappa shape index (κ2) is 6.79. The average molecular weight is 302 g/mol. The van der Waals surface area contributed by atoms with Gasteiger partial charge in [0.2, 0.25) is 0 Å². The third-order valence-corrected chi connectivity index (χ3v) is 3.68. The van der Waals surface area contributed by atoms with E-state index in [1.165, 1.54) is 6.07 Å². The zero-order valence-electron chi connectivity index (χ0n) is 12.6. The third-order valence-electron chi connectivity index (χ3n) is 3.68. The van der Waals surface area contributed by atoms with Gasteiger partial charge in [-0.15, -0.1) is 0 Å². The number of hydrogen-bond donors (Lipinski definition) is 0. The van der Waals surface area contributed by atoms with Crippen LogP contribution in [0, 0.1) is 12.7 Å². The van der Waals surface area contributed by atoms with Gasteiger partial charge >= 0.3 is 0 Å². The summed E-state index contributed by atoms with van der Waals surface area (Å²) in [4.78, 5) is 14.8. The van der Waals surface area contributed by atoms with E-state index >= 15 is 0 Å². The Morgan fingerprint density at radius 1 is 1.32 bits per heavy atom. The fourth-order valence-corrected chi connectivity index (χ4v) is 2.69. The van der Waals surface area contributed by atoms with Crippen LogP contribution in [-0.2, 0) is 6.54 Å². The van der Waals surface area contributed by atoms with Crippen LogP contribution in [0.15, 0.2) is 30.6 Å². The molecule has 1 aliphatic heterocycles. The monoisotopic (exact) mass is 302 g/mol. The Bertz CT molecular complexity index is 637. The topological polar surface area (TPSA) is 51.1 Å². The quantitative estimate of drug-likeness (QED) is 0.868. The summed E-state index contributed by atoms with van der Waals surface area (Å²) in [6.45, 7) is 4.38. The van der Waals surface area contributed by atoms with Crippen molar-refractivity contribution in [3.05, 3.63) is 47.9 Å². The summed E-state index contributed by atoms with van der Waals surface area (Å²) < 4.78 is 19.3. The van der Waals surface area contributed by atoms with Crippen LogP contribution in [0.1, 0.15) is 24.4 Å². The van der Waals surface area contributed by atoms with Crippen LogP contribution in [-0.4, -0.2) is 39.0 Å². The molecule has 1 atom stereocenters. The smallest absolute Gasteiger partial charge is 0.250 e. The molecule has 0 saturated carbocycles. The average Bonchev–Trinajstić information content (AvgIpc) is 2.50. The lowest BCUT2D eigenvalue weighted by Gasteiger charge is -2.32. The molecule has 1 saturated heterocycles. The number of halogens is 1. The first-order valence-electron chi connectivity index (χ1n) is 7.49. The summed E-state index contributed by atoms with van der Waals surface area (Å²) in [5, 5.41) is 0. The van der Waals surface area contributed by atoms with Crippen LogP contribution in [0.25, 0.3) is 0 Å². The molecule has 5 nitrogen and oxygen atoms in total. The molecule has 1 unspecified atom stereocenters. The fraction of sp³-hybridized carbons (Fsp3) is 0.438. The van der Waals surface area contributed by atoms with Crippen LogP contribution in [0.2, 0.25) is 0 Å². The van der Waals surface area contributed by atoms with E-state index in [2.05, 4.69) is 19.9 Å². The van der Waals surface area contributed by atoms with E-state index < -0.39 is 5.82 Å². The Morgan fingerprint density at radius 2 is 2.23 bits per heavy atom. The van der Waals surface area contributed by atoms with Crippen molar-refractivity contribution in [2.45, 2.75) is 32.4 Å². The van der Waals surface area contributed by atoms with Gasteiger partial charge in [0.25, 0.3) is 5.88 Å². The van der Waals surface area contributed by atoms with Gasteiger partial charge in [0.15, 0.2) is 5.82 Å². The van der Waals surface area contributed by atoms with Crippen LogP contribution in [0.4, 0.5) is 4.39 Å². The van der Waals surface area contributed by atoms with Gasteiger partial charge in [-0.3, -0.25) is 4.90 Å². The molecule has 0 radical (unpaired) electrons. The molecule has 0 amide bonds. The van der Waals surface area contributed by atoms with Gasteiger partial charge in [-0.05, 0) is 44.5 Å². The van der Waals surface area contributed by atoms with Gasteiger partial charge < -0.3 is 4.74 Å². The van der Waals surface area contributed by atoms with E-state index in [1.807, 2.05) is 13.0 Å². The summed E-state index contributed by atoms with van der Waals surface area (Å²) in [6.07, 6.45) is 5.21. The molecule has 2 aromatic rings. The number of hydrogen-bond acceptors (Lipinski definition) is 5. The van der Waals surface area contributed by atoms with Gasteiger partial charge in [-0.2, -0.15) is 0 Å². The number of likely N-dealkylation sites (tertiary alicyclic amines) is 1. The van der Waals surface area contributed by atoms with Crippen molar-refractivity contribution in [2.24, 2.45) is 0 Å². The highest BCUT2D eigenvalue weighted by atomic mass is 19.1. The Kier molecular flexibility index (Phi) is 4.58. The molecule has 1 aliphatic rings. The number of aryl methyl sites for hydroxylation is 1. The second-order valence-corrected chi connectivity index (χ2v) is 5.50. The normalized spacial score (nSPS) is 19.1. The lowest BCUT2D eigenvalue weighted by Crippen LogP contribution is -2.41. The highest BCUT2D eigenvalue weighted by Crippen LogP contribution is 2.20. The van der Waals surface area contributed by atoms with E-state index in [-0.39, 0.29) is 12.0 Å². The Morgan fingerprint density at radius 3 is 3.05 bits per heavy atom. The van der Waals surface area contributed by atoms with E-state index in [1.54, 1.807) is 18.5 Å². The maximum atomic E-state index is 13.6. The lowest BCUT2D eigenvalue weighted by molar-refractivity contribution is 0.0768. The van der Waals surface area contributed by atoms with Gasteiger partial charge in [0.05, 0.1) is 5.69 Å². The molecule has 0 spiro atoms. The van der Waals surface area contributed by atoms with Crippen LogP contribution >= 0.6 is 0 Å². The number of aromatic nitrogens is 3. The van der Waals surface area contributed by atoms with Crippen molar-refractivity contribution in [3.8, 4) is 5.88 Å². The van der Waals surface area contributed by atoms with E-state index in [0.29, 0.717) is 0 Å². The number of piperidine rings is 1. The summed E-state index contributed by atoms with van der Waals surface area (Å²) in [6, 6.07) is 4.86. The van der Waals surface area contributed by atoms with Crippen LogP contribution < -0.4 is 4.74 Å². The second-order valence-electron chi connectivity index (χ2n) is 5.50. The summed E-state index contributed by atoms with van der Waals surface area (Å²) in [5.74, 6) is 0.455. The third kappa shape index (κ3) is 3.76. The standard InChI is InChI=1S/C16H19FN4O/c1-12-18-8-6-13(20-12)10-21-9-3-4-14(11-21)22-16-15(17)5-2-7-19-16/h2,5-8,14H,3-4,9-11H2,1H3.